The Morgan fingerprint density at radius 3 is 2.61 bits per heavy atom. The van der Waals surface area contributed by atoms with Crippen LogP contribution in [0.1, 0.15) is 24.7 Å². The van der Waals surface area contributed by atoms with Crippen molar-refractivity contribution < 1.29 is 0 Å². The van der Waals surface area contributed by atoms with Crippen molar-refractivity contribution in [3.8, 4) is 5.69 Å². The van der Waals surface area contributed by atoms with E-state index < -0.39 is 0 Å². The Labute approximate surface area is 135 Å². The average Bonchev–Trinajstić information content (AvgIpc) is 2.57. The van der Waals surface area contributed by atoms with Crippen molar-refractivity contribution in [1.29, 1.82) is 0 Å². The van der Waals surface area contributed by atoms with Gasteiger partial charge < -0.3 is 5.32 Å². The Morgan fingerprint density at radius 2 is 1.83 bits per heavy atom. The Kier molecular flexibility index (Phi) is 4.53. The highest BCUT2D eigenvalue weighted by Gasteiger charge is 2.13. The molecule has 0 amide bonds. The third kappa shape index (κ3) is 3.03. The molecule has 23 heavy (non-hydrogen) atoms. The van der Waals surface area contributed by atoms with Crippen molar-refractivity contribution in [3.05, 3.63) is 70.3 Å². The standard InChI is InChI=1S/C19H21N3O/c1-3-12-20-13-18-21-16-10-6-5-9-15(16)19(23)22(18)17-11-7-4-8-14(17)2/h4-11,20H,3,12-13H2,1-2H3. The molecule has 0 radical (unpaired) electrons. The average molecular weight is 307 g/mol. The molecule has 2 aromatic carbocycles. The Hall–Kier alpha value is -2.46. The van der Waals surface area contributed by atoms with Crippen LogP contribution in [0.4, 0.5) is 0 Å². The van der Waals surface area contributed by atoms with Gasteiger partial charge in [0.05, 0.1) is 23.1 Å². The van der Waals surface area contributed by atoms with Crippen LogP contribution < -0.4 is 10.9 Å². The zero-order chi connectivity index (χ0) is 16.2. The van der Waals surface area contributed by atoms with Gasteiger partial charge in [-0.3, -0.25) is 9.36 Å². The number of rotatable bonds is 5. The fourth-order valence-electron chi connectivity index (χ4n) is 2.74. The lowest BCUT2D eigenvalue weighted by Gasteiger charge is -2.15. The van der Waals surface area contributed by atoms with Crippen LogP contribution in [-0.2, 0) is 6.54 Å². The predicted octanol–water partition coefficient (Wildman–Crippen LogP) is 3.19. The molecule has 1 aromatic heterocycles. The van der Waals surface area contributed by atoms with Gasteiger partial charge in [-0.15, -0.1) is 0 Å². The molecule has 4 heteroatoms. The summed E-state index contributed by atoms with van der Waals surface area (Å²) in [5.41, 5.74) is 2.68. The summed E-state index contributed by atoms with van der Waals surface area (Å²) < 4.78 is 1.74. The summed E-state index contributed by atoms with van der Waals surface area (Å²) in [6.45, 7) is 5.61. The molecule has 0 unspecified atom stereocenters. The normalized spacial score (nSPS) is 11.0. The molecule has 0 fully saturated rings. The van der Waals surface area contributed by atoms with Crippen LogP contribution in [0, 0.1) is 6.92 Å². The van der Waals surface area contributed by atoms with E-state index in [0.717, 1.165) is 35.6 Å². The minimum Gasteiger partial charge on any atom is -0.310 e. The third-order valence-corrected chi connectivity index (χ3v) is 3.91. The Balaban J connectivity index is 2.24. The van der Waals surface area contributed by atoms with Crippen LogP contribution >= 0.6 is 0 Å². The molecule has 118 valence electrons. The first-order valence-electron chi connectivity index (χ1n) is 7.99. The van der Waals surface area contributed by atoms with Crippen molar-refractivity contribution >= 4 is 10.9 Å². The van der Waals surface area contributed by atoms with Crippen LogP contribution in [0.15, 0.2) is 53.3 Å². The summed E-state index contributed by atoms with van der Waals surface area (Å²) >= 11 is 0. The van der Waals surface area contributed by atoms with Gasteiger partial charge in [0.25, 0.3) is 5.56 Å². The van der Waals surface area contributed by atoms with E-state index in [4.69, 9.17) is 4.98 Å². The van der Waals surface area contributed by atoms with E-state index in [-0.39, 0.29) is 5.56 Å². The molecule has 0 saturated carbocycles. The highest BCUT2D eigenvalue weighted by atomic mass is 16.1. The fraction of sp³-hybridized carbons (Fsp3) is 0.263. The lowest BCUT2D eigenvalue weighted by molar-refractivity contribution is 0.634. The molecule has 0 atom stereocenters. The molecule has 4 nitrogen and oxygen atoms in total. The smallest absolute Gasteiger partial charge is 0.266 e. The third-order valence-electron chi connectivity index (χ3n) is 3.91. The van der Waals surface area contributed by atoms with Crippen LogP contribution in [0.3, 0.4) is 0 Å². The number of benzene rings is 2. The van der Waals surface area contributed by atoms with Gasteiger partial charge in [-0.1, -0.05) is 37.3 Å². The van der Waals surface area contributed by atoms with Crippen molar-refractivity contribution in [1.82, 2.24) is 14.9 Å². The van der Waals surface area contributed by atoms with Crippen LogP contribution in [0.2, 0.25) is 0 Å². The molecule has 0 bridgehead atoms. The number of nitrogens with one attached hydrogen (secondary N) is 1. The second kappa shape index (κ2) is 6.75. The van der Waals surface area contributed by atoms with Gasteiger partial charge in [-0.05, 0) is 43.7 Å². The van der Waals surface area contributed by atoms with E-state index in [0.29, 0.717) is 11.9 Å². The van der Waals surface area contributed by atoms with Gasteiger partial charge in [0.2, 0.25) is 0 Å². The number of para-hydroxylation sites is 2. The number of fused-ring (bicyclic) bond motifs is 1. The molecule has 0 aliphatic rings. The summed E-state index contributed by atoms with van der Waals surface area (Å²) in [6, 6.07) is 15.4. The van der Waals surface area contributed by atoms with Crippen molar-refractivity contribution in [3.63, 3.8) is 0 Å². The monoisotopic (exact) mass is 307 g/mol. The second-order valence-electron chi connectivity index (χ2n) is 5.65. The molecular weight excluding hydrogens is 286 g/mol. The van der Waals surface area contributed by atoms with Crippen molar-refractivity contribution in [2.75, 3.05) is 6.54 Å². The molecule has 0 spiro atoms. The van der Waals surface area contributed by atoms with Gasteiger partial charge in [0.15, 0.2) is 0 Å². The Morgan fingerprint density at radius 1 is 1.09 bits per heavy atom. The maximum absolute atomic E-state index is 13.0. The first-order chi connectivity index (χ1) is 11.2. The van der Waals surface area contributed by atoms with Crippen LogP contribution in [0.5, 0.6) is 0 Å². The lowest BCUT2D eigenvalue weighted by Crippen LogP contribution is -2.28. The van der Waals surface area contributed by atoms with Crippen molar-refractivity contribution in [2.45, 2.75) is 26.8 Å². The van der Waals surface area contributed by atoms with Crippen LogP contribution in [-0.4, -0.2) is 16.1 Å². The van der Waals surface area contributed by atoms with E-state index in [1.54, 1.807) is 4.57 Å². The van der Waals surface area contributed by atoms with E-state index in [1.165, 1.54) is 0 Å². The first kappa shape index (κ1) is 15.4. The molecule has 0 aliphatic carbocycles. The summed E-state index contributed by atoms with van der Waals surface area (Å²) in [6.07, 6.45) is 1.04. The zero-order valence-electron chi connectivity index (χ0n) is 13.5. The first-order valence-corrected chi connectivity index (χ1v) is 7.99. The largest absolute Gasteiger partial charge is 0.310 e. The van der Waals surface area contributed by atoms with Gasteiger partial charge in [0, 0.05) is 0 Å². The molecule has 1 heterocycles. The lowest BCUT2D eigenvalue weighted by atomic mass is 10.2. The highest BCUT2D eigenvalue weighted by molar-refractivity contribution is 5.77. The number of aryl methyl sites for hydroxylation is 1. The van der Waals surface area contributed by atoms with E-state index in [9.17, 15) is 4.79 Å². The zero-order valence-corrected chi connectivity index (χ0v) is 13.5. The fourth-order valence-corrected chi connectivity index (χ4v) is 2.74. The Bertz CT molecular complexity index is 883. The summed E-state index contributed by atoms with van der Waals surface area (Å²) in [7, 11) is 0. The predicted molar refractivity (Wildman–Crippen MR) is 94.1 cm³/mol. The SMILES string of the molecule is CCCNCc1nc2ccccc2c(=O)n1-c1ccccc1C. The minimum atomic E-state index is -0.0156. The van der Waals surface area contributed by atoms with E-state index in [2.05, 4.69) is 12.2 Å². The highest BCUT2D eigenvalue weighted by Crippen LogP contribution is 2.16. The van der Waals surface area contributed by atoms with Gasteiger partial charge >= 0.3 is 0 Å². The second-order valence-corrected chi connectivity index (χ2v) is 5.65. The molecule has 3 aromatic rings. The quantitative estimate of drug-likeness (QED) is 0.736. The maximum atomic E-state index is 13.0. The van der Waals surface area contributed by atoms with E-state index >= 15 is 0 Å². The number of hydrogen-bond acceptors (Lipinski definition) is 3. The molecule has 1 N–H and O–H groups in total. The number of nitrogens with zero attached hydrogens (tertiary/aromatic N) is 2. The van der Waals surface area contributed by atoms with Crippen molar-refractivity contribution in [2.24, 2.45) is 0 Å². The maximum Gasteiger partial charge on any atom is 0.266 e. The summed E-state index contributed by atoms with van der Waals surface area (Å²) in [5, 5.41) is 4.00. The van der Waals surface area contributed by atoms with E-state index in [1.807, 2.05) is 55.5 Å². The summed E-state index contributed by atoms with van der Waals surface area (Å²) in [5.74, 6) is 0.747. The van der Waals surface area contributed by atoms with Gasteiger partial charge in [-0.2, -0.15) is 0 Å². The number of aromatic nitrogens is 2. The van der Waals surface area contributed by atoms with Crippen LogP contribution in [0.25, 0.3) is 16.6 Å². The topological polar surface area (TPSA) is 46.9 Å². The number of hydrogen-bond donors (Lipinski definition) is 1. The molecular formula is C19H21N3O. The van der Waals surface area contributed by atoms with Gasteiger partial charge in [-0.25, -0.2) is 4.98 Å². The van der Waals surface area contributed by atoms with Gasteiger partial charge in [0.1, 0.15) is 5.82 Å². The minimum absolute atomic E-state index is 0.0156. The molecule has 0 saturated heterocycles. The summed E-state index contributed by atoms with van der Waals surface area (Å²) in [4.78, 5) is 17.8. The molecule has 0 aliphatic heterocycles. The molecule has 3 rings (SSSR count).